The van der Waals surface area contributed by atoms with Gasteiger partial charge in [-0.15, -0.1) is 0 Å². The first-order chi connectivity index (χ1) is 9.32. The number of aromatic carboxylic acids is 1. The first kappa shape index (κ1) is 19.6. The average molecular weight is 400 g/mol. The third kappa shape index (κ3) is 6.70. The zero-order valence-electron chi connectivity index (χ0n) is 10.9. The summed E-state index contributed by atoms with van der Waals surface area (Å²) in [4.78, 5) is 9.95. The van der Waals surface area contributed by atoms with E-state index in [4.69, 9.17) is 0 Å². The van der Waals surface area contributed by atoms with Crippen molar-refractivity contribution in [1.82, 2.24) is 0 Å². The molecule has 2 aromatic rings. The minimum Gasteiger partial charge on any atom is -0.744 e. The Morgan fingerprint density at radius 1 is 0.952 bits per heavy atom. The van der Waals surface area contributed by atoms with Crippen molar-refractivity contribution in [2.24, 2.45) is 0 Å². The number of rotatable bonds is 2. The number of carbonyl (C=O) groups excluding carboxylic acids is 1. The van der Waals surface area contributed by atoms with Crippen molar-refractivity contribution >= 4 is 16.1 Å². The van der Waals surface area contributed by atoms with Gasteiger partial charge >= 0.3 is 0 Å². The molecule has 0 N–H and O–H groups in total. The normalized spacial score (nSPS) is 9.81. The quantitative estimate of drug-likeness (QED) is 0.552. The fourth-order valence-corrected chi connectivity index (χ4v) is 2.12. The van der Waals surface area contributed by atoms with E-state index in [2.05, 4.69) is 0 Å². The summed E-state index contributed by atoms with van der Waals surface area (Å²) >= 11 is 0. The molecule has 5 nitrogen and oxygen atoms in total. The van der Waals surface area contributed by atoms with E-state index in [0.717, 1.165) is 0 Å². The van der Waals surface area contributed by atoms with Gasteiger partial charge in [-0.1, -0.05) is 48.5 Å². The van der Waals surface area contributed by atoms with Crippen molar-refractivity contribution < 1.29 is 45.3 Å². The third-order valence-corrected chi connectivity index (χ3v) is 3.37. The van der Waals surface area contributed by atoms with Crippen LogP contribution >= 0.6 is 0 Å². The molecule has 1 radical (unpaired) electrons. The van der Waals surface area contributed by atoms with Crippen molar-refractivity contribution in [2.75, 3.05) is 0 Å². The first-order valence-electron chi connectivity index (χ1n) is 5.60. The number of hydrogen-bond acceptors (Lipinski definition) is 5. The number of benzene rings is 2. The summed E-state index contributed by atoms with van der Waals surface area (Å²) in [6.45, 7) is 1.59. The van der Waals surface area contributed by atoms with E-state index in [1.807, 2.05) is 0 Å². The molecule has 0 amide bonds. The minimum atomic E-state index is -4.28. The molecule has 0 aliphatic heterocycles. The summed E-state index contributed by atoms with van der Waals surface area (Å²) in [7, 11) is -4.28. The van der Waals surface area contributed by atoms with Crippen LogP contribution in [0.1, 0.15) is 15.9 Å². The van der Waals surface area contributed by atoms with Crippen LogP contribution in [0.2, 0.25) is 0 Å². The predicted molar refractivity (Wildman–Crippen MR) is 69.9 cm³/mol. The molecule has 0 atom stereocenters. The molecule has 0 heterocycles. The Morgan fingerprint density at radius 2 is 1.43 bits per heavy atom. The Kier molecular flexibility index (Phi) is 8.16. The van der Waals surface area contributed by atoms with Gasteiger partial charge in [0.1, 0.15) is 10.1 Å². The molecule has 21 heavy (non-hydrogen) atoms. The van der Waals surface area contributed by atoms with Gasteiger partial charge in [0.25, 0.3) is 0 Å². The molecule has 0 bridgehead atoms. The molecule has 2 rings (SSSR count). The fraction of sp³-hybridized carbons (Fsp3) is 0.0714. The molecule has 0 spiro atoms. The fourth-order valence-electron chi connectivity index (χ4n) is 1.41. The maximum absolute atomic E-state index is 10.5. The summed E-state index contributed by atoms with van der Waals surface area (Å²) < 4.78 is 31.5. The van der Waals surface area contributed by atoms with Crippen LogP contribution < -0.4 is 5.11 Å². The maximum atomic E-state index is 10.5. The van der Waals surface area contributed by atoms with Gasteiger partial charge in [0.15, 0.2) is 0 Å². The summed E-state index contributed by atoms with van der Waals surface area (Å²) in [5.74, 6) is -1.13. The molecule has 0 fully saturated rings. The predicted octanol–water partition coefficient (Wildman–Crippen LogP) is 0.947. The standard InChI is InChI=1S/C7H8O3S.C7H6O2.Ag/c1-6-4-2-3-5-7(6)11(8,9)10;8-7(9)6-4-2-1-3-5-6;/h2-5H,1H3,(H,8,9,10);1-5H,(H,8,9);/p-2. The zero-order chi connectivity index (χ0) is 15.2. The van der Waals surface area contributed by atoms with Crippen LogP contribution in [-0.4, -0.2) is 18.9 Å². The van der Waals surface area contributed by atoms with Gasteiger partial charge < -0.3 is 14.5 Å². The number of carboxylic acids is 1. The maximum Gasteiger partial charge on any atom is 0.124 e. The van der Waals surface area contributed by atoms with E-state index in [-0.39, 0.29) is 32.8 Å². The molecule has 0 aliphatic carbocycles. The van der Waals surface area contributed by atoms with Crippen LogP contribution in [0.25, 0.3) is 0 Å². The second-order valence-corrected chi connectivity index (χ2v) is 5.22. The van der Waals surface area contributed by atoms with E-state index in [1.165, 1.54) is 24.3 Å². The van der Waals surface area contributed by atoms with Gasteiger partial charge in [-0.25, -0.2) is 8.42 Å². The molecule has 0 aromatic heterocycles. The smallest absolute Gasteiger partial charge is 0.124 e. The van der Waals surface area contributed by atoms with Crippen molar-refractivity contribution in [3.05, 3.63) is 65.7 Å². The number of hydrogen-bond donors (Lipinski definition) is 0. The molecule has 0 saturated heterocycles. The molecule has 0 aliphatic rings. The minimum absolute atomic E-state index is 0. The SMILES string of the molecule is Cc1ccccc1S(=O)(=O)[O-].O=C([O-])c1ccccc1.[Ag]. The van der Waals surface area contributed by atoms with Gasteiger partial charge in [-0.2, -0.15) is 0 Å². The monoisotopic (exact) mass is 399 g/mol. The van der Waals surface area contributed by atoms with Crippen LogP contribution in [0.4, 0.5) is 0 Å². The van der Waals surface area contributed by atoms with Crippen molar-refractivity contribution in [3.8, 4) is 0 Å². The summed E-state index contributed by atoms with van der Waals surface area (Å²) in [5.41, 5.74) is 0.708. The Labute approximate surface area is 138 Å². The first-order valence-corrected chi connectivity index (χ1v) is 7.01. The van der Waals surface area contributed by atoms with E-state index >= 15 is 0 Å². The van der Waals surface area contributed by atoms with Gasteiger partial charge in [0.05, 0.1) is 10.9 Å². The van der Waals surface area contributed by atoms with E-state index < -0.39 is 16.1 Å². The summed E-state index contributed by atoms with van der Waals surface area (Å²) in [5, 5.41) is 10.1. The number of carbonyl (C=O) groups is 1. The molecular weight excluding hydrogens is 388 g/mol. The molecular formula is C14H12AgO5S-2. The molecule has 7 heteroatoms. The number of aryl methyl sites for hydroxylation is 1. The van der Waals surface area contributed by atoms with Crippen molar-refractivity contribution in [2.45, 2.75) is 11.8 Å². The Morgan fingerprint density at radius 3 is 1.76 bits per heavy atom. The van der Waals surface area contributed by atoms with Crippen molar-refractivity contribution in [1.29, 1.82) is 0 Å². The summed E-state index contributed by atoms with van der Waals surface area (Å²) in [6, 6.07) is 14.2. The second kappa shape index (κ2) is 8.76. The Balaban J connectivity index is 0.000000370. The van der Waals surface area contributed by atoms with Crippen molar-refractivity contribution in [3.63, 3.8) is 0 Å². The Bertz CT molecular complexity index is 684. The van der Waals surface area contributed by atoms with Crippen LogP contribution in [0.3, 0.4) is 0 Å². The van der Waals surface area contributed by atoms with Crippen LogP contribution in [0.15, 0.2) is 59.5 Å². The zero-order valence-corrected chi connectivity index (χ0v) is 13.2. The van der Waals surface area contributed by atoms with E-state index in [9.17, 15) is 22.9 Å². The van der Waals surface area contributed by atoms with Gasteiger partial charge in [0.2, 0.25) is 0 Å². The largest absolute Gasteiger partial charge is 0.744 e. The third-order valence-electron chi connectivity index (χ3n) is 2.37. The molecule has 2 aromatic carbocycles. The number of carboxylic acid groups (broad SMARTS) is 1. The van der Waals surface area contributed by atoms with Crippen LogP contribution in [0.5, 0.6) is 0 Å². The van der Waals surface area contributed by atoms with Crippen LogP contribution in [0, 0.1) is 6.92 Å². The van der Waals surface area contributed by atoms with Gasteiger partial charge in [-0.3, -0.25) is 0 Å². The molecule has 0 saturated carbocycles. The van der Waals surface area contributed by atoms with Crippen LogP contribution in [-0.2, 0) is 32.5 Å². The van der Waals surface area contributed by atoms with E-state index in [0.29, 0.717) is 5.56 Å². The molecule has 117 valence electrons. The van der Waals surface area contributed by atoms with E-state index in [1.54, 1.807) is 37.3 Å². The molecule has 0 unspecified atom stereocenters. The average Bonchev–Trinajstić information content (AvgIpc) is 2.39. The van der Waals surface area contributed by atoms with Gasteiger partial charge in [0, 0.05) is 22.4 Å². The second-order valence-electron chi connectivity index (χ2n) is 3.87. The Hall–Kier alpha value is -1.44. The van der Waals surface area contributed by atoms with Gasteiger partial charge in [-0.05, 0) is 24.1 Å². The summed E-state index contributed by atoms with van der Waals surface area (Å²) in [6.07, 6.45) is 0. The topological polar surface area (TPSA) is 97.3 Å².